The van der Waals surface area contributed by atoms with Crippen molar-refractivity contribution in [3.63, 3.8) is 0 Å². The predicted octanol–water partition coefficient (Wildman–Crippen LogP) is 3.45. The number of nitrogens with zero attached hydrogens (tertiary/aromatic N) is 1. The molecular weight excluding hydrogens is 354 g/mol. The highest BCUT2D eigenvalue weighted by molar-refractivity contribution is 6.30. The van der Waals surface area contributed by atoms with Gasteiger partial charge in [0, 0.05) is 17.1 Å². The summed E-state index contributed by atoms with van der Waals surface area (Å²) in [7, 11) is 0. The van der Waals surface area contributed by atoms with Crippen LogP contribution in [-0.4, -0.2) is 40.3 Å². The van der Waals surface area contributed by atoms with E-state index in [0.29, 0.717) is 22.9 Å². The molecule has 2 aromatic rings. The third-order valence-electron chi connectivity index (χ3n) is 4.47. The van der Waals surface area contributed by atoms with Gasteiger partial charge in [0.25, 0.3) is 5.91 Å². The Labute approximate surface area is 157 Å². The number of aliphatic hydroxyl groups is 1. The van der Waals surface area contributed by atoms with Gasteiger partial charge in [0.05, 0.1) is 6.54 Å². The SMILES string of the molecule is CC(C)[C@H](O)C(=O)N1CCOc2c(O)cc(-c3cccc(Cl)c3)cc2C1. The van der Waals surface area contributed by atoms with Crippen molar-refractivity contribution >= 4 is 17.5 Å². The molecule has 6 heteroatoms. The average molecular weight is 376 g/mol. The summed E-state index contributed by atoms with van der Waals surface area (Å²) in [5.41, 5.74) is 2.34. The van der Waals surface area contributed by atoms with E-state index in [1.807, 2.05) is 24.3 Å². The molecule has 0 spiro atoms. The zero-order valence-corrected chi connectivity index (χ0v) is 15.5. The van der Waals surface area contributed by atoms with Crippen LogP contribution in [0.3, 0.4) is 0 Å². The zero-order valence-electron chi connectivity index (χ0n) is 14.8. The number of halogens is 1. The number of carbonyl (C=O) groups is 1. The summed E-state index contributed by atoms with van der Waals surface area (Å²) < 4.78 is 5.66. The lowest BCUT2D eigenvalue weighted by Gasteiger charge is -2.24. The van der Waals surface area contributed by atoms with Crippen LogP contribution in [0.1, 0.15) is 19.4 Å². The van der Waals surface area contributed by atoms with E-state index < -0.39 is 6.10 Å². The second kappa shape index (κ2) is 7.56. The van der Waals surface area contributed by atoms with Gasteiger partial charge in [0.15, 0.2) is 11.5 Å². The predicted molar refractivity (Wildman–Crippen MR) is 100 cm³/mol. The molecule has 1 atom stereocenters. The number of fused-ring (bicyclic) bond motifs is 1. The van der Waals surface area contributed by atoms with Gasteiger partial charge in [-0.2, -0.15) is 0 Å². The molecular formula is C20H22ClNO4. The summed E-state index contributed by atoms with van der Waals surface area (Å²) in [5.74, 6) is -0.0947. The van der Waals surface area contributed by atoms with Crippen molar-refractivity contribution in [3.05, 3.63) is 47.0 Å². The minimum atomic E-state index is -1.05. The van der Waals surface area contributed by atoms with Crippen LogP contribution in [0.25, 0.3) is 11.1 Å². The molecule has 5 nitrogen and oxygen atoms in total. The molecule has 0 aromatic heterocycles. The van der Waals surface area contributed by atoms with E-state index in [1.165, 1.54) is 0 Å². The minimum absolute atomic E-state index is 0.0242. The number of aromatic hydroxyl groups is 1. The van der Waals surface area contributed by atoms with E-state index in [1.54, 1.807) is 30.9 Å². The standard InChI is InChI=1S/C20H22ClNO4/c1-12(2)18(24)20(25)22-6-7-26-19-15(11-22)8-14(10-17(19)23)13-4-3-5-16(21)9-13/h3-5,8-10,12,18,23-24H,6-7,11H2,1-2H3/t18-/m0/s1. The van der Waals surface area contributed by atoms with Crippen molar-refractivity contribution in [2.45, 2.75) is 26.5 Å². The summed E-state index contributed by atoms with van der Waals surface area (Å²) in [5, 5.41) is 21.1. The van der Waals surface area contributed by atoms with E-state index in [0.717, 1.165) is 11.1 Å². The van der Waals surface area contributed by atoms with Gasteiger partial charge >= 0.3 is 0 Å². The molecule has 0 unspecified atom stereocenters. The van der Waals surface area contributed by atoms with E-state index in [-0.39, 0.29) is 30.7 Å². The Morgan fingerprint density at radius 2 is 2.00 bits per heavy atom. The largest absolute Gasteiger partial charge is 0.504 e. The molecule has 26 heavy (non-hydrogen) atoms. The molecule has 0 aliphatic carbocycles. The fourth-order valence-corrected chi connectivity index (χ4v) is 3.18. The van der Waals surface area contributed by atoms with Gasteiger partial charge in [-0.05, 0) is 41.3 Å². The van der Waals surface area contributed by atoms with Crippen LogP contribution in [0.5, 0.6) is 11.5 Å². The quantitative estimate of drug-likeness (QED) is 0.862. The minimum Gasteiger partial charge on any atom is -0.504 e. The van der Waals surface area contributed by atoms with Crippen molar-refractivity contribution in [3.8, 4) is 22.6 Å². The number of hydrogen-bond acceptors (Lipinski definition) is 4. The first-order valence-electron chi connectivity index (χ1n) is 8.58. The number of aliphatic hydroxyl groups excluding tert-OH is 1. The Hall–Kier alpha value is -2.24. The molecule has 2 aromatic carbocycles. The number of benzene rings is 2. The number of phenolic OH excluding ortho intramolecular Hbond substituents is 1. The smallest absolute Gasteiger partial charge is 0.252 e. The fraction of sp³-hybridized carbons (Fsp3) is 0.350. The number of ether oxygens (including phenoxy) is 1. The first-order chi connectivity index (χ1) is 12.4. The third kappa shape index (κ3) is 3.79. The zero-order chi connectivity index (χ0) is 18.8. The number of phenols is 1. The molecule has 2 N–H and O–H groups in total. The van der Waals surface area contributed by atoms with Crippen molar-refractivity contribution in [2.24, 2.45) is 5.92 Å². The summed E-state index contributed by atoms with van der Waals surface area (Å²) in [6.45, 7) is 4.47. The molecule has 1 aliphatic heterocycles. The van der Waals surface area contributed by atoms with Crippen LogP contribution >= 0.6 is 11.6 Å². The third-order valence-corrected chi connectivity index (χ3v) is 4.70. The van der Waals surface area contributed by atoms with Crippen LogP contribution in [-0.2, 0) is 11.3 Å². The van der Waals surface area contributed by atoms with Crippen LogP contribution in [0, 0.1) is 5.92 Å². The Kier molecular flexibility index (Phi) is 5.39. The van der Waals surface area contributed by atoms with Gasteiger partial charge in [-0.25, -0.2) is 0 Å². The van der Waals surface area contributed by atoms with Crippen LogP contribution in [0.2, 0.25) is 5.02 Å². The van der Waals surface area contributed by atoms with Gasteiger partial charge < -0.3 is 19.8 Å². The highest BCUT2D eigenvalue weighted by atomic mass is 35.5. The van der Waals surface area contributed by atoms with Crippen molar-refractivity contribution < 1.29 is 19.7 Å². The van der Waals surface area contributed by atoms with Gasteiger partial charge in [0.2, 0.25) is 0 Å². The maximum atomic E-state index is 12.5. The number of rotatable bonds is 3. The molecule has 0 saturated carbocycles. The Morgan fingerprint density at radius 1 is 1.23 bits per heavy atom. The van der Waals surface area contributed by atoms with E-state index in [4.69, 9.17) is 16.3 Å². The van der Waals surface area contributed by atoms with Crippen LogP contribution in [0.15, 0.2) is 36.4 Å². The number of carbonyl (C=O) groups excluding carboxylic acids is 1. The van der Waals surface area contributed by atoms with Crippen molar-refractivity contribution in [1.29, 1.82) is 0 Å². The van der Waals surface area contributed by atoms with E-state index >= 15 is 0 Å². The maximum Gasteiger partial charge on any atom is 0.252 e. The Morgan fingerprint density at radius 3 is 2.69 bits per heavy atom. The van der Waals surface area contributed by atoms with Crippen LogP contribution in [0.4, 0.5) is 0 Å². The van der Waals surface area contributed by atoms with E-state index in [2.05, 4.69) is 0 Å². The highest BCUT2D eigenvalue weighted by Crippen LogP contribution is 2.38. The molecule has 138 valence electrons. The normalized spacial score (nSPS) is 15.2. The van der Waals surface area contributed by atoms with Gasteiger partial charge in [-0.1, -0.05) is 37.6 Å². The summed E-state index contributed by atoms with van der Waals surface area (Å²) in [6, 6.07) is 10.8. The van der Waals surface area contributed by atoms with Crippen LogP contribution < -0.4 is 4.74 Å². The second-order valence-electron chi connectivity index (χ2n) is 6.79. The molecule has 0 saturated heterocycles. The summed E-state index contributed by atoms with van der Waals surface area (Å²) in [6.07, 6.45) is -1.05. The maximum absolute atomic E-state index is 12.5. The monoisotopic (exact) mass is 375 g/mol. The lowest BCUT2D eigenvalue weighted by Crippen LogP contribution is -2.42. The number of amides is 1. The summed E-state index contributed by atoms with van der Waals surface area (Å²) >= 11 is 6.07. The fourth-order valence-electron chi connectivity index (χ4n) is 2.99. The van der Waals surface area contributed by atoms with E-state index in [9.17, 15) is 15.0 Å². The summed E-state index contributed by atoms with van der Waals surface area (Å²) in [4.78, 5) is 14.1. The topological polar surface area (TPSA) is 70.0 Å². The van der Waals surface area contributed by atoms with Gasteiger partial charge in [0.1, 0.15) is 12.7 Å². The lowest BCUT2D eigenvalue weighted by atomic mass is 10.0. The lowest BCUT2D eigenvalue weighted by molar-refractivity contribution is -0.143. The first kappa shape index (κ1) is 18.5. The average Bonchev–Trinajstić information content (AvgIpc) is 2.83. The molecule has 0 bridgehead atoms. The Bertz CT molecular complexity index is 821. The van der Waals surface area contributed by atoms with Crippen molar-refractivity contribution in [2.75, 3.05) is 13.2 Å². The van der Waals surface area contributed by atoms with Crippen molar-refractivity contribution in [1.82, 2.24) is 4.90 Å². The molecule has 3 rings (SSSR count). The van der Waals surface area contributed by atoms with Gasteiger partial charge in [-0.3, -0.25) is 4.79 Å². The molecule has 1 heterocycles. The molecule has 1 aliphatic rings. The Balaban J connectivity index is 1.96. The first-order valence-corrected chi connectivity index (χ1v) is 8.96. The molecule has 0 fully saturated rings. The molecule has 0 radical (unpaired) electrons. The van der Waals surface area contributed by atoms with Gasteiger partial charge in [-0.15, -0.1) is 0 Å². The number of hydrogen-bond donors (Lipinski definition) is 2. The second-order valence-corrected chi connectivity index (χ2v) is 7.23. The molecule has 1 amide bonds. The highest BCUT2D eigenvalue weighted by Gasteiger charge is 2.28.